The minimum absolute atomic E-state index is 0.0569. The molecule has 1 unspecified atom stereocenters. The summed E-state index contributed by atoms with van der Waals surface area (Å²) < 4.78 is 5.32. The lowest BCUT2D eigenvalue weighted by molar-refractivity contribution is -0.127. The van der Waals surface area contributed by atoms with Crippen LogP contribution in [0.15, 0.2) is 24.3 Å². The highest BCUT2D eigenvalue weighted by atomic mass is 79.9. The van der Waals surface area contributed by atoms with Crippen molar-refractivity contribution in [3.8, 4) is 0 Å². The van der Waals surface area contributed by atoms with Crippen LogP contribution < -0.4 is 0 Å². The van der Waals surface area contributed by atoms with Crippen molar-refractivity contribution in [2.24, 2.45) is 0 Å². The Kier molecular flexibility index (Phi) is 4.71. The summed E-state index contributed by atoms with van der Waals surface area (Å²) in [6.07, 6.45) is 0.842. The smallest absolute Gasteiger partial charge is 0.338 e. The van der Waals surface area contributed by atoms with E-state index in [2.05, 4.69) is 15.9 Å². The molecule has 1 aliphatic heterocycles. The number of benzene rings is 1. The molecule has 4 nitrogen and oxygen atoms in total. The quantitative estimate of drug-likeness (QED) is 0.619. The van der Waals surface area contributed by atoms with Crippen molar-refractivity contribution >= 4 is 27.8 Å². The van der Waals surface area contributed by atoms with Gasteiger partial charge in [0.25, 0.3) is 0 Å². The van der Waals surface area contributed by atoms with Crippen molar-refractivity contribution in [1.29, 1.82) is 0 Å². The second-order valence-electron chi connectivity index (χ2n) is 6.21. The molecule has 21 heavy (non-hydrogen) atoms. The predicted molar refractivity (Wildman–Crippen MR) is 84.4 cm³/mol. The third-order valence-corrected chi connectivity index (χ3v) is 4.04. The number of ether oxygens (including phenoxy) is 1. The van der Waals surface area contributed by atoms with Crippen molar-refractivity contribution in [1.82, 2.24) is 4.90 Å². The van der Waals surface area contributed by atoms with Gasteiger partial charge in [-0.05, 0) is 44.9 Å². The Bertz CT molecular complexity index is 533. The maximum Gasteiger partial charge on any atom is 0.338 e. The summed E-state index contributed by atoms with van der Waals surface area (Å²) in [7, 11) is 0. The zero-order valence-corrected chi connectivity index (χ0v) is 14.1. The number of rotatable bonds is 3. The van der Waals surface area contributed by atoms with Gasteiger partial charge < -0.3 is 9.64 Å². The highest BCUT2D eigenvalue weighted by molar-refractivity contribution is 9.10. The summed E-state index contributed by atoms with van der Waals surface area (Å²) in [5.41, 5.74) is 1.04. The molecule has 1 aromatic rings. The normalized spacial score (nSPS) is 19.0. The Labute approximate surface area is 133 Å². The number of hydrogen-bond acceptors (Lipinski definition) is 3. The number of halogens is 1. The second kappa shape index (κ2) is 6.18. The summed E-state index contributed by atoms with van der Waals surface area (Å²) in [5, 5.41) is 0. The van der Waals surface area contributed by atoms with Gasteiger partial charge in [-0.15, -0.1) is 0 Å². The third kappa shape index (κ3) is 4.30. The van der Waals surface area contributed by atoms with Crippen LogP contribution in [-0.4, -0.2) is 33.7 Å². The van der Waals surface area contributed by atoms with E-state index in [0.717, 1.165) is 18.5 Å². The number of esters is 1. The first-order valence-electron chi connectivity index (χ1n) is 7.01. The molecular weight excluding hydrogens is 334 g/mol. The van der Waals surface area contributed by atoms with Gasteiger partial charge >= 0.3 is 5.97 Å². The first-order valence-corrected chi connectivity index (χ1v) is 7.93. The molecule has 0 aliphatic carbocycles. The number of carbonyl (C=O) groups is 2. The number of likely N-dealkylation sites (tertiary alicyclic amines) is 1. The molecular formula is C16H20BrNO3. The Hall–Kier alpha value is -1.36. The zero-order chi connectivity index (χ0) is 15.6. The van der Waals surface area contributed by atoms with E-state index in [0.29, 0.717) is 12.1 Å². The molecule has 1 fully saturated rings. The fourth-order valence-corrected chi connectivity index (χ4v) is 2.66. The molecule has 5 heteroatoms. The van der Waals surface area contributed by atoms with E-state index in [1.165, 1.54) is 0 Å². The molecule has 0 aromatic heterocycles. The summed E-state index contributed by atoms with van der Waals surface area (Å²) in [4.78, 5) is 25.5. The lowest BCUT2D eigenvalue weighted by Crippen LogP contribution is -2.27. The average Bonchev–Trinajstić information content (AvgIpc) is 2.69. The summed E-state index contributed by atoms with van der Waals surface area (Å²) >= 11 is 3.36. The van der Waals surface area contributed by atoms with E-state index in [1.54, 1.807) is 12.1 Å². The maximum atomic E-state index is 11.9. The molecule has 1 saturated heterocycles. The molecule has 0 bridgehead atoms. The Morgan fingerprint density at radius 2 is 1.95 bits per heavy atom. The van der Waals surface area contributed by atoms with E-state index in [9.17, 15) is 9.59 Å². The van der Waals surface area contributed by atoms with Gasteiger partial charge in [0.15, 0.2) is 0 Å². The van der Waals surface area contributed by atoms with Gasteiger partial charge in [-0.2, -0.15) is 0 Å². The number of nitrogens with zero attached hydrogens (tertiary/aromatic N) is 1. The molecule has 0 spiro atoms. The molecule has 0 radical (unpaired) electrons. The van der Waals surface area contributed by atoms with Gasteiger partial charge in [-0.1, -0.05) is 28.1 Å². The van der Waals surface area contributed by atoms with Crippen LogP contribution in [0.2, 0.25) is 0 Å². The number of amides is 1. The Morgan fingerprint density at radius 3 is 2.43 bits per heavy atom. The van der Waals surface area contributed by atoms with Gasteiger partial charge in [0.2, 0.25) is 5.91 Å². The minimum Gasteiger partial charge on any atom is -0.456 e. The van der Waals surface area contributed by atoms with Gasteiger partial charge in [0.1, 0.15) is 5.60 Å². The van der Waals surface area contributed by atoms with Gasteiger partial charge in [0, 0.05) is 13.1 Å². The van der Waals surface area contributed by atoms with E-state index in [-0.39, 0.29) is 16.7 Å². The van der Waals surface area contributed by atoms with Crippen LogP contribution in [0.5, 0.6) is 0 Å². The first-order chi connectivity index (χ1) is 9.76. The predicted octanol–water partition coefficient (Wildman–Crippen LogP) is 3.14. The van der Waals surface area contributed by atoms with Crippen molar-refractivity contribution in [2.45, 2.75) is 44.2 Å². The topological polar surface area (TPSA) is 46.6 Å². The molecule has 114 valence electrons. The number of alkyl halides is 1. The average molecular weight is 354 g/mol. The fraction of sp³-hybridized carbons (Fsp3) is 0.500. The van der Waals surface area contributed by atoms with Crippen LogP contribution in [0, 0.1) is 0 Å². The SMILES string of the molecule is CC(C)(C)OC(=O)c1ccc(CN2CCC(Br)C2=O)cc1. The highest BCUT2D eigenvalue weighted by Crippen LogP contribution is 2.21. The van der Waals surface area contributed by atoms with Crippen molar-refractivity contribution < 1.29 is 14.3 Å². The van der Waals surface area contributed by atoms with Gasteiger partial charge in [-0.25, -0.2) is 4.79 Å². The number of hydrogen-bond donors (Lipinski definition) is 0. The van der Waals surface area contributed by atoms with Crippen LogP contribution in [0.25, 0.3) is 0 Å². The Balaban J connectivity index is 1.99. The molecule has 2 rings (SSSR count). The fourth-order valence-electron chi connectivity index (χ4n) is 2.16. The third-order valence-electron chi connectivity index (χ3n) is 3.19. The Morgan fingerprint density at radius 1 is 1.33 bits per heavy atom. The molecule has 0 saturated carbocycles. The van der Waals surface area contributed by atoms with Crippen molar-refractivity contribution in [3.05, 3.63) is 35.4 Å². The van der Waals surface area contributed by atoms with E-state index in [1.807, 2.05) is 37.8 Å². The van der Waals surface area contributed by atoms with Gasteiger partial charge in [-0.3, -0.25) is 4.79 Å². The molecule has 1 atom stereocenters. The van der Waals surface area contributed by atoms with E-state index >= 15 is 0 Å². The van der Waals surface area contributed by atoms with Crippen LogP contribution in [-0.2, 0) is 16.1 Å². The van der Waals surface area contributed by atoms with Crippen LogP contribution in [0.4, 0.5) is 0 Å². The zero-order valence-electron chi connectivity index (χ0n) is 12.6. The molecule has 1 heterocycles. The van der Waals surface area contributed by atoms with E-state index in [4.69, 9.17) is 4.74 Å². The minimum atomic E-state index is -0.497. The van der Waals surface area contributed by atoms with Crippen LogP contribution >= 0.6 is 15.9 Å². The lowest BCUT2D eigenvalue weighted by atomic mass is 10.1. The first kappa shape index (κ1) is 16.0. The highest BCUT2D eigenvalue weighted by Gasteiger charge is 2.29. The van der Waals surface area contributed by atoms with Crippen molar-refractivity contribution in [2.75, 3.05) is 6.54 Å². The van der Waals surface area contributed by atoms with Crippen LogP contribution in [0.3, 0.4) is 0 Å². The monoisotopic (exact) mass is 353 g/mol. The van der Waals surface area contributed by atoms with Crippen molar-refractivity contribution in [3.63, 3.8) is 0 Å². The molecule has 1 aliphatic rings. The van der Waals surface area contributed by atoms with E-state index < -0.39 is 5.60 Å². The molecule has 1 amide bonds. The molecule has 1 aromatic carbocycles. The largest absolute Gasteiger partial charge is 0.456 e. The molecule has 0 N–H and O–H groups in total. The standard InChI is InChI=1S/C16H20BrNO3/c1-16(2,3)21-15(20)12-6-4-11(5-7-12)10-18-9-8-13(17)14(18)19/h4-7,13H,8-10H2,1-3H3. The van der Waals surface area contributed by atoms with Crippen LogP contribution in [0.1, 0.15) is 43.1 Å². The summed E-state index contributed by atoms with van der Waals surface area (Å²) in [6, 6.07) is 7.23. The lowest BCUT2D eigenvalue weighted by Gasteiger charge is -2.20. The van der Waals surface area contributed by atoms with Gasteiger partial charge in [0.05, 0.1) is 10.4 Å². The number of carbonyl (C=O) groups excluding carboxylic acids is 2. The maximum absolute atomic E-state index is 11.9. The summed E-state index contributed by atoms with van der Waals surface area (Å²) in [6.45, 7) is 6.87. The second-order valence-corrected chi connectivity index (χ2v) is 7.32. The summed E-state index contributed by atoms with van der Waals surface area (Å²) in [5.74, 6) is -0.196.